The van der Waals surface area contributed by atoms with Gasteiger partial charge in [-0.05, 0) is 6.92 Å². The van der Waals surface area contributed by atoms with Crippen LogP contribution in [0.3, 0.4) is 0 Å². The molecule has 0 radical (unpaired) electrons. The molecule has 4 heteroatoms. The minimum absolute atomic E-state index is 0.357. The lowest BCUT2D eigenvalue weighted by Crippen LogP contribution is -2.10. The number of carbonyl (C=O) groups excluding carboxylic acids is 2. The zero-order chi connectivity index (χ0) is 8.27. The predicted molar refractivity (Wildman–Crippen MR) is 35.7 cm³/mol. The number of cyclic esters (lactones) is 1. The summed E-state index contributed by atoms with van der Waals surface area (Å²) in [6.45, 7) is 2.30. The van der Waals surface area contributed by atoms with E-state index in [-0.39, 0.29) is 0 Å². The van der Waals surface area contributed by atoms with Crippen molar-refractivity contribution in [1.82, 2.24) is 0 Å². The van der Waals surface area contributed by atoms with Crippen LogP contribution in [-0.4, -0.2) is 25.2 Å². The average Bonchev–Trinajstić information content (AvgIpc) is 2.32. The molecular formula is C7H10O4. The molecular weight excluding hydrogens is 148 g/mol. The van der Waals surface area contributed by atoms with Crippen LogP contribution in [0.2, 0.25) is 0 Å². The summed E-state index contributed by atoms with van der Waals surface area (Å²) >= 11 is 0. The average molecular weight is 158 g/mol. The molecule has 0 saturated carbocycles. The molecule has 2 unspecified atom stereocenters. The summed E-state index contributed by atoms with van der Waals surface area (Å²) in [5.74, 6) is -1.09. The van der Waals surface area contributed by atoms with Crippen LogP contribution >= 0.6 is 0 Å². The number of carbonyl (C=O) groups is 2. The van der Waals surface area contributed by atoms with Crippen molar-refractivity contribution >= 4 is 12.3 Å². The van der Waals surface area contributed by atoms with Gasteiger partial charge < -0.3 is 14.3 Å². The van der Waals surface area contributed by atoms with Crippen LogP contribution in [-0.2, 0) is 19.1 Å². The maximum atomic E-state index is 10.8. The highest BCUT2D eigenvalue weighted by Crippen LogP contribution is 2.19. The molecule has 2 atom stereocenters. The summed E-state index contributed by atoms with van der Waals surface area (Å²) < 4.78 is 9.72. The number of ether oxygens (including phenoxy) is 2. The van der Waals surface area contributed by atoms with Crippen molar-refractivity contribution in [2.45, 2.75) is 19.6 Å². The quantitative estimate of drug-likeness (QED) is 0.332. The maximum Gasteiger partial charge on any atom is 0.318 e. The van der Waals surface area contributed by atoms with E-state index in [1.165, 1.54) is 0 Å². The molecule has 1 heterocycles. The van der Waals surface area contributed by atoms with Gasteiger partial charge in [0.2, 0.25) is 6.29 Å². The molecule has 0 amide bonds. The SMILES string of the molecule is CCOC1CC(C=O)C(=O)O1. The molecule has 0 aromatic carbocycles. The van der Waals surface area contributed by atoms with E-state index in [1.54, 1.807) is 0 Å². The Hall–Kier alpha value is -0.900. The number of hydrogen-bond acceptors (Lipinski definition) is 4. The van der Waals surface area contributed by atoms with Gasteiger partial charge in [-0.25, -0.2) is 0 Å². The Morgan fingerprint density at radius 2 is 2.55 bits per heavy atom. The van der Waals surface area contributed by atoms with Gasteiger partial charge in [-0.15, -0.1) is 0 Å². The summed E-state index contributed by atoms with van der Waals surface area (Å²) in [5, 5.41) is 0. The van der Waals surface area contributed by atoms with E-state index in [0.29, 0.717) is 19.3 Å². The molecule has 1 aliphatic rings. The molecule has 62 valence electrons. The molecule has 0 aromatic rings. The van der Waals surface area contributed by atoms with Crippen molar-refractivity contribution in [2.24, 2.45) is 5.92 Å². The maximum absolute atomic E-state index is 10.8. The number of hydrogen-bond donors (Lipinski definition) is 0. The van der Waals surface area contributed by atoms with Crippen LogP contribution in [0.4, 0.5) is 0 Å². The fraction of sp³-hybridized carbons (Fsp3) is 0.714. The van der Waals surface area contributed by atoms with Crippen molar-refractivity contribution in [3.63, 3.8) is 0 Å². The van der Waals surface area contributed by atoms with Crippen LogP contribution < -0.4 is 0 Å². The first-order chi connectivity index (χ1) is 5.27. The lowest BCUT2D eigenvalue weighted by Gasteiger charge is -2.06. The van der Waals surface area contributed by atoms with Crippen molar-refractivity contribution in [3.8, 4) is 0 Å². The second-order valence-corrected chi connectivity index (χ2v) is 2.30. The van der Waals surface area contributed by atoms with E-state index in [4.69, 9.17) is 9.47 Å². The van der Waals surface area contributed by atoms with Gasteiger partial charge in [-0.2, -0.15) is 0 Å². The number of rotatable bonds is 3. The second kappa shape index (κ2) is 3.48. The molecule has 4 nitrogen and oxygen atoms in total. The Balaban J connectivity index is 2.42. The van der Waals surface area contributed by atoms with Crippen LogP contribution in [0, 0.1) is 5.92 Å². The van der Waals surface area contributed by atoms with E-state index >= 15 is 0 Å². The van der Waals surface area contributed by atoms with Gasteiger partial charge in [0.25, 0.3) is 0 Å². The Labute approximate surface area is 64.5 Å². The van der Waals surface area contributed by atoms with E-state index in [0.717, 1.165) is 0 Å². The molecule has 0 N–H and O–H groups in total. The normalized spacial score (nSPS) is 30.1. The lowest BCUT2D eigenvalue weighted by molar-refractivity contribution is -0.162. The van der Waals surface area contributed by atoms with Gasteiger partial charge in [0.15, 0.2) is 0 Å². The zero-order valence-corrected chi connectivity index (χ0v) is 6.28. The Kier molecular flexibility index (Phi) is 2.59. The first kappa shape index (κ1) is 8.20. The Morgan fingerprint density at radius 3 is 3.00 bits per heavy atom. The predicted octanol–water partition coefficient (Wildman–Crippen LogP) is 0.111. The molecule has 1 fully saturated rings. The van der Waals surface area contributed by atoms with Crippen molar-refractivity contribution < 1.29 is 19.1 Å². The fourth-order valence-corrected chi connectivity index (χ4v) is 0.968. The van der Waals surface area contributed by atoms with E-state index in [9.17, 15) is 9.59 Å². The highest BCUT2D eigenvalue weighted by atomic mass is 16.7. The van der Waals surface area contributed by atoms with E-state index < -0.39 is 18.2 Å². The third-order valence-corrected chi connectivity index (χ3v) is 1.51. The standard InChI is InChI=1S/C7H10O4/c1-2-10-6-3-5(4-8)7(9)11-6/h4-6H,2-3H2,1H3. The smallest absolute Gasteiger partial charge is 0.318 e. The first-order valence-electron chi connectivity index (χ1n) is 3.55. The molecule has 0 bridgehead atoms. The van der Waals surface area contributed by atoms with Crippen molar-refractivity contribution in [3.05, 3.63) is 0 Å². The van der Waals surface area contributed by atoms with Crippen LogP contribution in [0.5, 0.6) is 0 Å². The molecule has 0 aromatic heterocycles. The monoisotopic (exact) mass is 158 g/mol. The molecule has 1 saturated heterocycles. The topological polar surface area (TPSA) is 52.6 Å². The summed E-state index contributed by atoms with van der Waals surface area (Å²) in [7, 11) is 0. The summed E-state index contributed by atoms with van der Waals surface area (Å²) in [6.07, 6.45) is 0.444. The summed E-state index contributed by atoms with van der Waals surface area (Å²) in [6, 6.07) is 0. The van der Waals surface area contributed by atoms with E-state index in [2.05, 4.69) is 0 Å². The van der Waals surface area contributed by atoms with Crippen LogP contribution in [0.1, 0.15) is 13.3 Å². The summed E-state index contributed by atoms with van der Waals surface area (Å²) in [4.78, 5) is 21.0. The third-order valence-electron chi connectivity index (χ3n) is 1.51. The molecule has 0 spiro atoms. The summed E-state index contributed by atoms with van der Waals surface area (Å²) in [5.41, 5.74) is 0. The van der Waals surface area contributed by atoms with E-state index in [1.807, 2.05) is 6.92 Å². The van der Waals surface area contributed by atoms with Gasteiger partial charge in [0.05, 0.1) is 0 Å². The minimum atomic E-state index is -0.619. The lowest BCUT2D eigenvalue weighted by atomic mass is 10.1. The second-order valence-electron chi connectivity index (χ2n) is 2.30. The molecule has 11 heavy (non-hydrogen) atoms. The Morgan fingerprint density at radius 1 is 1.82 bits per heavy atom. The van der Waals surface area contributed by atoms with Gasteiger partial charge in [-0.1, -0.05) is 0 Å². The Bertz CT molecular complexity index is 166. The van der Waals surface area contributed by atoms with Crippen LogP contribution in [0.25, 0.3) is 0 Å². The fourth-order valence-electron chi connectivity index (χ4n) is 0.968. The molecule has 1 aliphatic heterocycles. The highest BCUT2D eigenvalue weighted by molar-refractivity contribution is 5.89. The number of esters is 1. The van der Waals surface area contributed by atoms with Gasteiger partial charge in [-0.3, -0.25) is 4.79 Å². The largest absolute Gasteiger partial charge is 0.435 e. The van der Waals surface area contributed by atoms with Crippen molar-refractivity contribution in [2.75, 3.05) is 6.61 Å². The zero-order valence-electron chi connectivity index (χ0n) is 6.28. The first-order valence-corrected chi connectivity index (χ1v) is 3.55. The van der Waals surface area contributed by atoms with Crippen molar-refractivity contribution in [1.29, 1.82) is 0 Å². The third kappa shape index (κ3) is 1.77. The van der Waals surface area contributed by atoms with Gasteiger partial charge >= 0.3 is 5.97 Å². The van der Waals surface area contributed by atoms with Gasteiger partial charge in [0, 0.05) is 13.0 Å². The highest BCUT2D eigenvalue weighted by Gasteiger charge is 2.34. The van der Waals surface area contributed by atoms with Gasteiger partial charge in [0.1, 0.15) is 12.2 Å². The molecule has 0 aliphatic carbocycles. The van der Waals surface area contributed by atoms with Crippen LogP contribution in [0.15, 0.2) is 0 Å². The minimum Gasteiger partial charge on any atom is -0.435 e. The molecule has 1 rings (SSSR count). The number of aldehydes is 1.